The Morgan fingerprint density at radius 1 is 1.45 bits per heavy atom. The van der Waals surface area contributed by atoms with Crippen molar-refractivity contribution in [2.75, 3.05) is 26.7 Å². The molecule has 2 N–H and O–H groups in total. The van der Waals surface area contributed by atoms with Gasteiger partial charge in [0, 0.05) is 32.6 Å². The number of carbonyl (C=O) groups excluding carboxylic acids is 1. The second kappa shape index (κ2) is 6.26. The van der Waals surface area contributed by atoms with Crippen molar-refractivity contribution in [3.63, 3.8) is 0 Å². The van der Waals surface area contributed by atoms with Crippen LogP contribution in [-0.4, -0.2) is 53.2 Å². The molecule has 2 heterocycles. The van der Waals surface area contributed by atoms with Crippen LogP contribution in [0.1, 0.15) is 27.2 Å². The molecule has 0 aromatic rings. The predicted octanol–water partition coefficient (Wildman–Crippen LogP) is 1.44. The van der Waals surface area contributed by atoms with Gasteiger partial charge in [0.1, 0.15) is 5.60 Å². The molecule has 0 saturated carbocycles. The summed E-state index contributed by atoms with van der Waals surface area (Å²) in [7, 11) is 1.92. The predicted molar refractivity (Wildman–Crippen MR) is 87.7 cm³/mol. The van der Waals surface area contributed by atoms with Gasteiger partial charge in [-0.05, 0) is 38.8 Å². The molecule has 0 unspecified atom stereocenters. The third-order valence-electron chi connectivity index (χ3n) is 4.51. The quantitative estimate of drug-likeness (QED) is 0.825. The number of amides is 1. The number of carbonyl (C=O) groups is 1. The van der Waals surface area contributed by atoms with Gasteiger partial charge in [0.25, 0.3) is 5.91 Å². The molecule has 0 bridgehead atoms. The summed E-state index contributed by atoms with van der Waals surface area (Å²) in [5, 5.41) is 11.9. The summed E-state index contributed by atoms with van der Waals surface area (Å²) < 4.78 is 0. The van der Waals surface area contributed by atoms with Gasteiger partial charge in [0.05, 0.1) is 5.70 Å². The van der Waals surface area contributed by atoms with Crippen molar-refractivity contribution < 1.29 is 9.90 Å². The summed E-state index contributed by atoms with van der Waals surface area (Å²) in [4.78, 5) is 13.8. The molecule has 0 aliphatic carbocycles. The number of hydrogen-bond acceptors (Lipinski definition) is 4. The zero-order valence-electron chi connectivity index (χ0n) is 14.0. The van der Waals surface area contributed by atoms with Crippen molar-refractivity contribution in [2.24, 2.45) is 5.92 Å². The van der Waals surface area contributed by atoms with Crippen LogP contribution in [0.5, 0.6) is 0 Å². The highest BCUT2D eigenvalue weighted by Gasteiger charge is 2.39. The molecule has 2 aliphatic rings. The van der Waals surface area contributed by atoms with E-state index in [2.05, 4.69) is 23.9 Å². The van der Waals surface area contributed by atoms with Crippen LogP contribution >= 0.6 is 0 Å². The maximum atomic E-state index is 12.0. The second-order valence-corrected chi connectivity index (χ2v) is 6.54. The highest BCUT2D eigenvalue weighted by Crippen LogP contribution is 2.35. The molecular weight excluding hydrogens is 278 g/mol. The number of nitrogens with zero attached hydrogens (tertiary/aromatic N) is 2. The Hall–Kier alpha value is -1.59. The molecule has 0 radical (unpaired) electrons. The molecule has 0 spiro atoms. The first kappa shape index (κ1) is 16.8. The fourth-order valence-corrected chi connectivity index (χ4v) is 3.12. The third kappa shape index (κ3) is 3.10. The van der Waals surface area contributed by atoms with Crippen LogP contribution in [0.2, 0.25) is 0 Å². The van der Waals surface area contributed by atoms with Crippen LogP contribution < -0.4 is 5.43 Å². The van der Waals surface area contributed by atoms with Gasteiger partial charge in [0.15, 0.2) is 0 Å². The van der Waals surface area contributed by atoms with Gasteiger partial charge in [-0.1, -0.05) is 18.2 Å². The van der Waals surface area contributed by atoms with E-state index in [-0.39, 0.29) is 5.91 Å². The van der Waals surface area contributed by atoms with Crippen molar-refractivity contribution in [1.29, 1.82) is 0 Å². The fourth-order valence-electron chi connectivity index (χ4n) is 3.12. The van der Waals surface area contributed by atoms with Crippen LogP contribution in [-0.2, 0) is 4.79 Å². The lowest BCUT2D eigenvalue weighted by Gasteiger charge is -2.43. The third-order valence-corrected chi connectivity index (χ3v) is 4.51. The second-order valence-electron chi connectivity index (χ2n) is 6.54. The molecule has 2 saturated heterocycles. The summed E-state index contributed by atoms with van der Waals surface area (Å²) >= 11 is 0. The first-order valence-electron chi connectivity index (χ1n) is 7.79. The van der Waals surface area contributed by atoms with Crippen LogP contribution in [0.3, 0.4) is 0 Å². The van der Waals surface area contributed by atoms with Gasteiger partial charge >= 0.3 is 0 Å². The minimum absolute atomic E-state index is 0.188. The van der Waals surface area contributed by atoms with Crippen molar-refractivity contribution in [3.05, 3.63) is 35.6 Å². The zero-order chi connectivity index (χ0) is 16.5. The molecule has 0 aromatic heterocycles. The van der Waals surface area contributed by atoms with Gasteiger partial charge in [-0.25, -0.2) is 5.43 Å². The maximum absolute atomic E-state index is 12.0. The molecule has 1 amide bonds. The summed E-state index contributed by atoms with van der Waals surface area (Å²) in [6.45, 7) is 11.4. The Labute approximate surface area is 132 Å². The van der Waals surface area contributed by atoms with E-state index in [1.54, 1.807) is 18.7 Å². The van der Waals surface area contributed by atoms with Crippen molar-refractivity contribution >= 4 is 5.91 Å². The monoisotopic (exact) mass is 305 g/mol. The first-order valence-corrected chi connectivity index (χ1v) is 7.79. The van der Waals surface area contributed by atoms with Crippen LogP contribution in [0.25, 0.3) is 0 Å². The number of allylic oxidation sites excluding steroid dienone is 3. The van der Waals surface area contributed by atoms with E-state index >= 15 is 0 Å². The van der Waals surface area contributed by atoms with E-state index in [4.69, 9.17) is 0 Å². The van der Waals surface area contributed by atoms with Crippen molar-refractivity contribution in [2.45, 2.75) is 32.8 Å². The molecule has 5 nitrogen and oxygen atoms in total. The normalized spacial score (nSPS) is 23.8. The van der Waals surface area contributed by atoms with E-state index in [1.165, 1.54) is 16.8 Å². The van der Waals surface area contributed by atoms with Crippen molar-refractivity contribution in [1.82, 2.24) is 15.3 Å². The Balaban J connectivity index is 2.10. The van der Waals surface area contributed by atoms with E-state index < -0.39 is 5.60 Å². The number of hydrogen-bond donors (Lipinski definition) is 2. The summed E-state index contributed by atoms with van der Waals surface area (Å²) in [6, 6.07) is 0. The minimum Gasteiger partial charge on any atom is -0.381 e. The van der Waals surface area contributed by atoms with Crippen molar-refractivity contribution in [3.8, 4) is 0 Å². The standard InChI is InChI=1S/C17H27N3O2/c1-6-7-15-14(8-9-20(15)18-5)12(2)13-10-19(11-13)16(21)17(3,4)22/h6-7,13,18,22H,1,8-11H2,2-5H3/b14-12+,15-7?. The lowest BCUT2D eigenvalue weighted by atomic mass is 9.86. The first-order chi connectivity index (χ1) is 10.3. The van der Waals surface area contributed by atoms with Gasteiger partial charge in [-0.2, -0.15) is 0 Å². The molecule has 2 fully saturated rings. The number of rotatable bonds is 4. The smallest absolute Gasteiger partial charge is 0.253 e. The molecule has 2 aliphatic heterocycles. The Bertz CT molecular complexity index is 523. The van der Waals surface area contributed by atoms with E-state index in [9.17, 15) is 9.90 Å². The molecule has 5 heteroatoms. The largest absolute Gasteiger partial charge is 0.381 e. The number of aliphatic hydroxyl groups is 1. The molecule has 0 aromatic carbocycles. The van der Waals surface area contributed by atoms with Crippen LogP contribution in [0.4, 0.5) is 0 Å². The molecule has 22 heavy (non-hydrogen) atoms. The van der Waals surface area contributed by atoms with Gasteiger partial charge in [-0.3, -0.25) is 4.79 Å². The van der Waals surface area contributed by atoms with Gasteiger partial charge in [0.2, 0.25) is 0 Å². The Morgan fingerprint density at radius 2 is 2.09 bits per heavy atom. The fraction of sp³-hybridized carbons (Fsp3) is 0.588. The topological polar surface area (TPSA) is 55.8 Å². The van der Waals surface area contributed by atoms with E-state index in [0.717, 1.165) is 13.0 Å². The van der Waals surface area contributed by atoms with Gasteiger partial charge in [-0.15, -0.1) is 0 Å². The maximum Gasteiger partial charge on any atom is 0.253 e. The average molecular weight is 305 g/mol. The number of likely N-dealkylation sites (tertiary alicyclic amines) is 1. The molecule has 0 atom stereocenters. The molecule has 2 rings (SSSR count). The summed E-state index contributed by atoms with van der Waals surface area (Å²) in [5.41, 5.74) is 5.76. The Kier molecular flexibility index (Phi) is 4.78. The minimum atomic E-state index is -1.28. The SMILES string of the molecule is C=CC=C1/C(=C(\C)C2CN(C(=O)C(C)(C)O)C2)CCN1NC. The average Bonchev–Trinajstić information content (AvgIpc) is 2.79. The highest BCUT2D eigenvalue weighted by atomic mass is 16.3. The summed E-state index contributed by atoms with van der Waals surface area (Å²) in [6.07, 6.45) is 4.84. The molecular formula is C17H27N3O2. The van der Waals surface area contributed by atoms with Crippen LogP contribution in [0, 0.1) is 5.92 Å². The number of nitrogens with one attached hydrogen (secondary N) is 1. The van der Waals surface area contributed by atoms with Gasteiger partial charge < -0.3 is 15.0 Å². The van der Waals surface area contributed by atoms with Crippen LogP contribution in [0.15, 0.2) is 35.6 Å². The number of hydrazine groups is 1. The lowest BCUT2D eigenvalue weighted by molar-refractivity contribution is -0.153. The van der Waals surface area contributed by atoms with E-state index in [0.29, 0.717) is 19.0 Å². The lowest BCUT2D eigenvalue weighted by Crippen LogP contribution is -2.56. The summed E-state index contributed by atoms with van der Waals surface area (Å²) in [5.74, 6) is 0.193. The van der Waals surface area contributed by atoms with E-state index in [1.807, 2.05) is 19.2 Å². The molecule has 122 valence electrons. The Morgan fingerprint density at radius 3 is 2.59 bits per heavy atom. The highest BCUT2D eigenvalue weighted by molar-refractivity contribution is 5.84. The zero-order valence-corrected chi connectivity index (χ0v) is 14.0.